The summed E-state index contributed by atoms with van der Waals surface area (Å²) >= 11 is 7.42. The van der Waals surface area contributed by atoms with E-state index in [0.29, 0.717) is 41.8 Å². The van der Waals surface area contributed by atoms with E-state index in [1.807, 2.05) is 12.3 Å². The van der Waals surface area contributed by atoms with Crippen molar-refractivity contribution in [1.29, 1.82) is 0 Å². The predicted octanol–water partition coefficient (Wildman–Crippen LogP) is 4.57. The van der Waals surface area contributed by atoms with Gasteiger partial charge in [-0.05, 0) is 56.2 Å². The number of aromatic nitrogens is 2. The second-order valence-corrected chi connectivity index (χ2v) is 9.11. The number of rotatable bonds is 6. The summed E-state index contributed by atoms with van der Waals surface area (Å²) in [6.07, 6.45) is 2.98. The van der Waals surface area contributed by atoms with E-state index in [1.54, 1.807) is 52.6 Å². The van der Waals surface area contributed by atoms with Crippen molar-refractivity contribution in [3.63, 3.8) is 0 Å². The van der Waals surface area contributed by atoms with E-state index in [-0.39, 0.29) is 17.7 Å². The molecule has 1 fully saturated rings. The van der Waals surface area contributed by atoms with Gasteiger partial charge in [-0.1, -0.05) is 11.6 Å². The number of likely N-dealkylation sites (tertiary alicyclic amines) is 1. The Morgan fingerprint density at radius 1 is 1.25 bits per heavy atom. The topological polar surface area (TPSA) is 84.4 Å². The quantitative estimate of drug-likeness (QED) is 0.570. The molecule has 1 aliphatic heterocycles. The number of aryl methyl sites for hydroxylation is 1. The fourth-order valence-electron chi connectivity index (χ4n) is 3.56. The van der Waals surface area contributed by atoms with E-state index in [4.69, 9.17) is 16.3 Å². The van der Waals surface area contributed by atoms with E-state index in [0.717, 1.165) is 23.5 Å². The zero-order chi connectivity index (χ0) is 22.5. The Morgan fingerprint density at radius 3 is 2.75 bits per heavy atom. The normalized spacial score (nSPS) is 15.9. The van der Waals surface area contributed by atoms with Gasteiger partial charge in [-0.2, -0.15) is 0 Å². The summed E-state index contributed by atoms with van der Waals surface area (Å²) in [5.74, 6) is 0.617. The number of benzene rings is 1. The summed E-state index contributed by atoms with van der Waals surface area (Å²) in [5.41, 5.74) is 1.46. The monoisotopic (exact) mass is 470 g/mol. The molecule has 1 saturated heterocycles. The molecule has 0 bridgehead atoms. The Labute approximate surface area is 195 Å². The summed E-state index contributed by atoms with van der Waals surface area (Å²) in [6, 6.07) is 10.4. The number of nitrogens with one attached hydrogen (secondary N) is 1. The second kappa shape index (κ2) is 10.1. The molecule has 1 N–H and O–H groups in total. The number of pyridine rings is 1. The number of hydrogen-bond acceptors (Lipinski definition) is 6. The standard InChI is InChI=1S/C23H23ClN4O3S/c1-15-26-19(14-32-15)13-31-20-7-4-16(5-8-20)23(30)28-10-2-3-17(12-28)22(29)27-21-9-6-18(24)11-25-21/h4-9,11,14,17H,2-3,10,12-13H2,1H3,(H,25,27,29). The molecule has 1 atom stereocenters. The SMILES string of the molecule is Cc1nc(COc2ccc(C(=O)N3CCCC(C(=O)Nc4ccc(Cl)cn4)C3)cc2)cs1. The summed E-state index contributed by atoms with van der Waals surface area (Å²) in [4.78, 5) is 35.8. The smallest absolute Gasteiger partial charge is 0.253 e. The van der Waals surface area contributed by atoms with Gasteiger partial charge in [-0.25, -0.2) is 9.97 Å². The minimum absolute atomic E-state index is 0.0891. The zero-order valence-corrected chi connectivity index (χ0v) is 19.2. The lowest BCUT2D eigenvalue weighted by Crippen LogP contribution is -2.43. The van der Waals surface area contributed by atoms with Crippen LogP contribution in [0.1, 0.15) is 33.9 Å². The van der Waals surface area contributed by atoms with Crippen molar-refractivity contribution < 1.29 is 14.3 Å². The van der Waals surface area contributed by atoms with Gasteiger partial charge in [-0.15, -0.1) is 11.3 Å². The Morgan fingerprint density at radius 2 is 2.06 bits per heavy atom. The molecule has 0 radical (unpaired) electrons. The largest absolute Gasteiger partial charge is 0.487 e. The third-order valence-electron chi connectivity index (χ3n) is 5.21. The molecule has 1 aliphatic rings. The highest BCUT2D eigenvalue weighted by Crippen LogP contribution is 2.22. The molecule has 2 amide bonds. The number of piperidine rings is 1. The molecule has 32 heavy (non-hydrogen) atoms. The molecule has 2 aromatic heterocycles. The fourth-order valence-corrected chi connectivity index (χ4v) is 4.27. The number of anilines is 1. The highest BCUT2D eigenvalue weighted by Gasteiger charge is 2.29. The van der Waals surface area contributed by atoms with E-state index in [2.05, 4.69) is 15.3 Å². The summed E-state index contributed by atoms with van der Waals surface area (Å²) in [7, 11) is 0. The first-order valence-corrected chi connectivity index (χ1v) is 11.6. The van der Waals surface area contributed by atoms with Gasteiger partial charge < -0.3 is 15.0 Å². The molecular formula is C23H23ClN4O3S. The molecule has 0 spiro atoms. The minimum Gasteiger partial charge on any atom is -0.487 e. The first-order chi connectivity index (χ1) is 15.5. The van der Waals surface area contributed by atoms with Crippen molar-refractivity contribution in [2.45, 2.75) is 26.4 Å². The lowest BCUT2D eigenvalue weighted by Gasteiger charge is -2.32. The zero-order valence-electron chi connectivity index (χ0n) is 17.6. The predicted molar refractivity (Wildman–Crippen MR) is 124 cm³/mol. The third-order valence-corrected chi connectivity index (χ3v) is 6.26. The summed E-state index contributed by atoms with van der Waals surface area (Å²) < 4.78 is 5.75. The lowest BCUT2D eigenvalue weighted by atomic mass is 9.96. The first kappa shape index (κ1) is 22.2. The van der Waals surface area contributed by atoms with Crippen LogP contribution in [0.2, 0.25) is 5.02 Å². The van der Waals surface area contributed by atoms with Gasteiger partial charge >= 0.3 is 0 Å². The summed E-state index contributed by atoms with van der Waals surface area (Å²) in [5, 5.41) is 6.29. The van der Waals surface area contributed by atoms with Gasteiger partial charge in [0.15, 0.2) is 0 Å². The van der Waals surface area contributed by atoms with Gasteiger partial charge in [0, 0.05) is 30.2 Å². The lowest BCUT2D eigenvalue weighted by molar-refractivity contribution is -0.121. The molecule has 7 nitrogen and oxygen atoms in total. The van der Waals surface area contributed by atoms with Crippen molar-refractivity contribution >= 4 is 40.6 Å². The number of carbonyl (C=O) groups excluding carboxylic acids is 2. The van der Waals surface area contributed by atoms with Crippen LogP contribution in [0.15, 0.2) is 48.0 Å². The number of nitrogens with zero attached hydrogens (tertiary/aromatic N) is 3. The molecular weight excluding hydrogens is 448 g/mol. The first-order valence-electron chi connectivity index (χ1n) is 10.3. The van der Waals surface area contributed by atoms with Crippen molar-refractivity contribution in [3.8, 4) is 5.75 Å². The maximum absolute atomic E-state index is 13.0. The van der Waals surface area contributed by atoms with Crippen LogP contribution in [0.4, 0.5) is 5.82 Å². The van der Waals surface area contributed by atoms with Crippen LogP contribution in [0.25, 0.3) is 0 Å². The number of halogens is 1. The molecule has 3 heterocycles. The average Bonchev–Trinajstić information content (AvgIpc) is 3.24. The van der Waals surface area contributed by atoms with Crippen molar-refractivity contribution in [1.82, 2.24) is 14.9 Å². The van der Waals surface area contributed by atoms with E-state index >= 15 is 0 Å². The van der Waals surface area contributed by atoms with Gasteiger partial charge in [-0.3, -0.25) is 9.59 Å². The Kier molecular flexibility index (Phi) is 7.02. The highest BCUT2D eigenvalue weighted by atomic mass is 35.5. The number of thiazole rings is 1. The van der Waals surface area contributed by atoms with Crippen LogP contribution in [0.3, 0.4) is 0 Å². The van der Waals surface area contributed by atoms with Crippen LogP contribution < -0.4 is 10.1 Å². The van der Waals surface area contributed by atoms with Crippen molar-refractivity contribution in [3.05, 3.63) is 69.3 Å². The molecule has 0 aliphatic carbocycles. The van der Waals surface area contributed by atoms with Crippen molar-refractivity contribution in [2.24, 2.45) is 5.92 Å². The molecule has 9 heteroatoms. The van der Waals surface area contributed by atoms with Gasteiger partial charge in [0.2, 0.25) is 5.91 Å². The van der Waals surface area contributed by atoms with Crippen LogP contribution in [-0.4, -0.2) is 39.8 Å². The number of ether oxygens (including phenoxy) is 1. The molecule has 1 aromatic carbocycles. The van der Waals surface area contributed by atoms with Gasteiger partial charge in [0.05, 0.1) is 21.6 Å². The maximum atomic E-state index is 13.0. The van der Waals surface area contributed by atoms with Crippen LogP contribution in [-0.2, 0) is 11.4 Å². The third kappa shape index (κ3) is 5.63. The maximum Gasteiger partial charge on any atom is 0.253 e. The molecule has 1 unspecified atom stereocenters. The van der Waals surface area contributed by atoms with E-state index < -0.39 is 0 Å². The summed E-state index contributed by atoms with van der Waals surface area (Å²) in [6.45, 7) is 3.35. The van der Waals surface area contributed by atoms with Crippen LogP contribution in [0.5, 0.6) is 5.75 Å². The van der Waals surface area contributed by atoms with Crippen LogP contribution >= 0.6 is 22.9 Å². The minimum atomic E-state index is -0.283. The Balaban J connectivity index is 1.33. The Bertz CT molecular complexity index is 1090. The second-order valence-electron chi connectivity index (χ2n) is 7.61. The number of carbonyl (C=O) groups is 2. The Hall–Kier alpha value is -2.97. The number of hydrogen-bond donors (Lipinski definition) is 1. The highest BCUT2D eigenvalue weighted by molar-refractivity contribution is 7.09. The van der Waals surface area contributed by atoms with E-state index in [1.165, 1.54) is 6.20 Å². The number of amides is 2. The van der Waals surface area contributed by atoms with E-state index in [9.17, 15) is 9.59 Å². The molecule has 3 aromatic rings. The fraction of sp³-hybridized carbons (Fsp3) is 0.304. The van der Waals surface area contributed by atoms with Gasteiger partial charge in [0.1, 0.15) is 18.2 Å². The average molecular weight is 471 g/mol. The molecule has 0 saturated carbocycles. The van der Waals surface area contributed by atoms with Crippen molar-refractivity contribution in [2.75, 3.05) is 18.4 Å². The van der Waals surface area contributed by atoms with Crippen LogP contribution in [0, 0.1) is 12.8 Å². The molecule has 4 rings (SSSR count). The van der Waals surface area contributed by atoms with Gasteiger partial charge in [0.25, 0.3) is 5.91 Å². The molecule has 166 valence electrons.